The van der Waals surface area contributed by atoms with Crippen LogP contribution >= 0.6 is 0 Å². The molecule has 0 fully saturated rings. The highest BCUT2D eigenvalue weighted by molar-refractivity contribution is 7.89. The lowest BCUT2D eigenvalue weighted by Gasteiger charge is -2.24. The second kappa shape index (κ2) is 7.06. The van der Waals surface area contributed by atoms with Crippen molar-refractivity contribution in [1.29, 1.82) is 0 Å². The summed E-state index contributed by atoms with van der Waals surface area (Å²) in [6.07, 6.45) is 0.796. The van der Waals surface area contributed by atoms with Gasteiger partial charge in [0.05, 0.1) is 4.90 Å². The van der Waals surface area contributed by atoms with E-state index in [-0.39, 0.29) is 10.3 Å². The maximum absolute atomic E-state index is 12.2. The van der Waals surface area contributed by atoms with Gasteiger partial charge in [-0.25, -0.2) is 13.1 Å². The number of sulfonamides is 1. The maximum Gasteiger partial charge on any atom is 0.240 e. The number of ether oxygens (including phenoxy) is 1. The number of hydrogen-bond donors (Lipinski definition) is 2. The minimum Gasteiger partial charge on any atom is -0.388 e. The highest BCUT2D eigenvalue weighted by atomic mass is 32.2. The molecular weight excluding hydrogens is 276 g/mol. The Kier molecular flexibility index (Phi) is 5.98. The normalized spacial score (nSPS) is 12.4. The van der Waals surface area contributed by atoms with Crippen LogP contribution in [-0.2, 0) is 14.8 Å². The van der Waals surface area contributed by atoms with Gasteiger partial charge in [0.2, 0.25) is 10.0 Å². The van der Waals surface area contributed by atoms with Gasteiger partial charge in [0.25, 0.3) is 0 Å². The SMILES string of the molecule is CNc1ccc(S(=O)(=O)NCC(C)(C)CCOC)cc1. The molecule has 1 aromatic rings. The van der Waals surface area contributed by atoms with E-state index >= 15 is 0 Å². The first-order valence-corrected chi connectivity index (χ1v) is 8.05. The summed E-state index contributed by atoms with van der Waals surface area (Å²) < 4.78 is 32.1. The van der Waals surface area contributed by atoms with Crippen molar-refractivity contribution >= 4 is 15.7 Å². The molecule has 0 aliphatic heterocycles. The first kappa shape index (κ1) is 16.9. The Morgan fingerprint density at radius 2 is 1.80 bits per heavy atom. The Labute approximate surface area is 121 Å². The third-order valence-electron chi connectivity index (χ3n) is 3.18. The van der Waals surface area contributed by atoms with Gasteiger partial charge in [-0.15, -0.1) is 0 Å². The van der Waals surface area contributed by atoms with Crippen molar-refractivity contribution in [3.8, 4) is 0 Å². The third kappa shape index (κ3) is 5.11. The quantitative estimate of drug-likeness (QED) is 0.771. The predicted molar refractivity (Wildman–Crippen MR) is 81.5 cm³/mol. The molecule has 1 aromatic carbocycles. The zero-order valence-corrected chi connectivity index (χ0v) is 13.4. The smallest absolute Gasteiger partial charge is 0.240 e. The lowest BCUT2D eigenvalue weighted by molar-refractivity contribution is 0.153. The average molecular weight is 300 g/mol. The van der Waals surface area contributed by atoms with Crippen LogP contribution in [0.4, 0.5) is 5.69 Å². The molecule has 0 saturated carbocycles. The van der Waals surface area contributed by atoms with Crippen LogP contribution in [0.5, 0.6) is 0 Å². The summed E-state index contributed by atoms with van der Waals surface area (Å²) in [7, 11) is -0.0279. The summed E-state index contributed by atoms with van der Waals surface area (Å²) in [5.74, 6) is 0. The van der Waals surface area contributed by atoms with Crippen molar-refractivity contribution in [2.75, 3.05) is 32.6 Å². The van der Waals surface area contributed by atoms with E-state index in [1.165, 1.54) is 0 Å². The van der Waals surface area contributed by atoms with Gasteiger partial charge in [-0.1, -0.05) is 13.8 Å². The fourth-order valence-electron chi connectivity index (χ4n) is 1.64. The van der Waals surface area contributed by atoms with Crippen molar-refractivity contribution in [2.24, 2.45) is 5.41 Å². The lowest BCUT2D eigenvalue weighted by Crippen LogP contribution is -2.34. The van der Waals surface area contributed by atoms with E-state index in [1.807, 2.05) is 13.8 Å². The fourth-order valence-corrected chi connectivity index (χ4v) is 2.88. The summed E-state index contributed by atoms with van der Waals surface area (Å²) in [4.78, 5) is 0.277. The molecular formula is C14H24N2O3S. The van der Waals surface area contributed by atoms with Crippen molar-refractivity contribution in [2.45, 2.75) is 25.2 Å². The van der Waals surface area contributed by atoms with Crippen LogP contribution < -0.4 is 10.0 Å². The summed E-state index contributed by atoms with van der Waals surface area (Å²) in [6.45, 7) is 5.02. The second-order valence-electron chi connectivity index (χ2n) is 5.51. The molecule has 0 aromatic heterocycles. The summed E-state index contributed by atoms with van der Waals surface area (Å²) in [5.41, 5.74) is 0.734. The van der Waals surface area contributed by atoms with Gasteiger partial charge >= 0.3 is 0 Å². The topological polar surface area (TPSA) is 67.4 Å². The maximum atomic E-state index is 12.2. The minimum atomic E-state index is -3.46. The molecule has 0 bridgehead atoms. The number of anilines is 1. The number of nitrogens with one attached hydrogen (secondary N) is 2. The van der Waals surface area contributed by atoms with Gasteiger partial charge in [0.1, 0.15) is 0 Å². The molecule has 0 atom stereocenters. The van der Waals surface area contributed by atoms with E-state index in [0.717, 1.165) is 12.1 Å². The molecule has 114 valence electrons. The van der Waals surface area contributed by atoms with E-state index in [0.29, 0.717) is 13.2 Å². The van der Waals surface area contributed by atoms with Crippen LogP contribution in [0.3, 0.4) is 0 Å². The Hall–Kier alpha value is -1.11. The van der Waals surface area contributed by atoms with Gasteiger partial charge in [0, 0.05) is 33.0 Å². The zero-order valence-electron chi connectivity index (χ0n) is 12.6. The van der Waals surface area contributed by atoms with Crippen LogP contribution in [0.1, 0.15) is 20.3 Å². The molecule has 0 spiro atoms. The molecule has 0 aliphatic rings. The molecule has 0 saturated heterocycles. The van der Waals surface area contributed by atoms with Gasteiger partial charge < -0.3 is 10.1 Å². The van der Waals surface area contributed by atoms with Gasteiger partial charge in [-0.3, -0.25) is 0 Å². The van der Waals surface area contributed by atoms with Crippen LogP contribution in [0.2, 0.25) is 0 Å². The highest BCUT2D eigenvalue weighted by Gasteiger charge is 2.22. The van der Waals surface area contributed by atoms with Crippen molar-refractivity contribution < 1.29 is 13.2 Å². The number of rotatable bonds is 8. The predicted octanol–water partition coefficient (Wildman–Crippen LogP) is 2.07. The Balaban J connectivity index is 2.69. The summed E-state index contributed by atoms with van der Waals surface area (Å²) in [6, 6.07) is 6.67. The van der Waals surface area contributed by atoms with Crippen molar-refractivity contribution in [3.63, 3.8) is 0 Å². The molecule has 20 heavy (non-hydrogen) atoms. The summed E-state index contributed by atoms with van der Waals surface area (Å²) in [5, 5.41) is 2.96. The van der Waals surface area contributed by atoms with Crippen molar-refractivity contribution in [3.05, 3.63) is 24.3 Å². The molecule has 1 rings (SSSR count). The van der Waals surface area contributed by atoms with E-state index in [9.17, 15) is 8.42 Å². The van der Waals surface area contributed by atoms with Gasteiger partial charge in [-0.2, -0.15) is 0 Å². The van der Waals surface area contributed by atoms with E-state index in [2.05, 4.69) is 10.0 Å². The van der Waals surface area contributed by atoms with Gasteiger partial charge in [0.15, 0.2) is 0 Å². The van der Waals surface area contributed by atoms with Crippen LogP contribution in [0.25, 0.3) is 0 Å². The average Bonchev–Trinajstić information content (AvgIpc) is 2.43. The Morgan fingerprint density at radius 1 is 1.20 bits per heavy atom. The first-order chi connectivity index (χ1) is 9.30. The molecule has 0 amide bonds. The molecule has 0 unspecified atom stereocenters. The van der Waals surface area contributed by atoms with Crippen molar-refractivity contribution in [1.82, 2.24) is 4.72 Å². The standard InChI is InChI=1S/C14H24N2O3S/c1-14(2,9-10-19-4)11-16-20(17,18)13-7-5-12(15-3)6-8-13/h5-8,15-16H,9-11H2,1-4H3. The lowest BCUT2D eigenvalue weighted by atomic mass is 9.90. The highest BCUT2D eigenvalue weighted by Crippen LogP contribution is 2.20. The van der Waals surface area contributed by atoms with Crippen LogP contribution in [0.15, 0.2) is 29.2 Å². The molecule has 0 radical (unpaired) electrons. The Morgan fingerprint density at radius 3 is 2.30 bits per heavy atom. The first-order valence-electron chi connectivity index (χ1n) is 6.57. The van der Waals surface area contributed by atoms with Gasteiger partial charge in [-0.05, 0) is 36.1 Å². The number of benzene rings is 1. The molecule has 5 nitrogen and oxygen atoms in total. The monoisotopic (exact) mass is 300 g/mol. The fraction of sp³-hybridized carbons (Fsp3) is 0.571. The zero-order chi connectivity index (χ0) is 15.2. The Bertz CT molecular complexity index is 510. The minimum absolute atomic E-state index is 0.145. The summed E-state index contributed by atoms with van der Waals surface area (Å²) >= 11 is 0. The van der Waals surface area contributed by atoms with Crippen LogP contribution in [-0.4, -0.2) is 35.7 Å². The number of methoxy groups -OCH3 is 1. The van der Waals surface area contributed by atoms with E-state index in [1.54, 1.807) is 38.4 Å². The second-order valence-corrected chi connectivity index (χ2v) is 7.27. The van der Waals surface area contributed by atoms with E-state index < -0.39 is 10.0 Å². The van der Waals surface area contributed by atoms with Crippen LogP contribution in [0, 0.1) is 5.41 Å². The molecule has 6 heteroatoms. The number of hydrogen-bond acceptors (Lipinski definition) is 4. The van der Waals surface area contributed by atoms with E-state index in [4.69, 9.17) is 4.74 Å². The largest absolute Gasteiger partial charge is 0.388 e. The molecule has 0 aliphatic carbocycles. The third-order valence-corrected chi connectivity index (χ3v) is 4.59. The molecule has 0 heterocycles. The molecule has 2 N–H and O–H groups in total.